The molecule has 0 radical (unpaired) electrons. The molecule has 0 bridgehead atoms. The van der Waals surface area contributed by atoms with Crippen LogP contribution in [0.1, 0.15) is 31.5 Å². The maximum absolute atomic E-state index is 13.8. The Morgan fingerprint density at radius 3 is 3.04 bits per heavy atom. The Labute approximate surface area is 145 Å². The maximum atomic E-state index is 13.8. The van der Waals surface area contributed by atoms with Crippen molar-refractivity contribution in [1.29, 1.82) is 0 Å². The molecule has 1 aromatic heterocycles. The quantitative estimate of drug-likeness (QED) is 0.923. The van der Waals surface area contributed by atoms with Gasteiger partial charge in [0, 0.05) is 37.3 Å². The molecular weight excluding hydrogens is 325 g/mol. The van der Waals surface area contributed by atoms with Crippen LogP contribution in [0.25, 0.3) is 0 Å². The molecule has 1 aliphatic rings. The van der Waals surface area contributed by atoms with E-state index in [2.05, 4.69) is 15.5 Å². The zero-order valence-electron chi connectivity index (χ0n) is 14.4. The van der Waals surface area contributed by atoms with Crippen LogP contribution in [0.2, 0.25) is 0 Å². The summed E-state index contributed by atoms with van der Waals surface area (Å²) in [7, 11) is 1.40. The van der Waals surface area contributed by atoms with Crippen LogP contribution in [0.15, 0.2) is 24.5 Å². The molecule has 25 heavy (non-hydrogen) atoms. The highest BCUT2D eigenvalue weighted by Crippen LogP contribution is 2.26. The number of ether oxygens (including phenoxy) is 1. The minimum absolute atomic E-state index is 0.148. The van der Waals surface area contributed by atoms with Gasteiger partial charge in [-0.3, -0.25) is 0 Å². The van der Waals surface area contributed by atoms with Crippen molar-refractivity contribution in [3.8, 4) is 5.75 Å². The van der Waals surface area contributed by atoms with Gasteiger partial charge in [0.05, 0.1) is 7.11 Å². The number of urea groups is 1. The summed E-state index contributed by atoms with van der Waals surface area (Å²) in [5.74, 6) is 0.716. The lowest BCUT2D eigenvalue weighted by molar-refractivity contribution is 0.190. The number of carbonyl (C=O) groups is 1. The number of likely N-dealkylation sites (tertiary alicyclic amines) is 1. The van der Waals surface area contributed by atoms with Gasteiger partial charge in [0.2, 0.25) is 0 Å². The summed E-state index contributed by atoms with van der Waals surface area (Å²) < 4.78 is 20.7. The SMILES string of the molecule is CCn1cnnc1C1CCCN(C(=O)Nc2ccc(OC)c(F)c2)C1. The third-order valence-electron chi connectivity index (χ3n) is 4.46. The standard InChI is InChI=1S/C17H22FN5O2/c1-3-22-11-19-21-16(22)12-5-4-8-23(10-12)17(24)20-13-6-7-15(25-2)14(18)9-13/h6-7,9,11-12H,3-5,8,10H2,1-2H3,(H,20,24). The van der Waals surface area contributed by atoms with Gasteiger partial charge < -0.3 is 19.5 Å². The number of halogens is 1. The van der Waals surface area contributed by atoms with E-state index in [4.69, 9.17) is 4.74 Å². The molecule has 0 aliphatic carbocycles. The maximum Gasteiger partial charge on any atom is 0.321 e. The Bertz CT molecular complexity index is 748. The van der Waals surface area contributed by atoms with Gasteiger partial charge in [-0.05, 0) is 31.9 Å². The lowest BCUT2D eigenvalue weighted by atomic mass is 9.97. The molecule has 3 rings (SSSR count). The number of anilines is 1. The fourth-order valence-corrected chi connectivity index (χ4v) is 3.14. The van der Waals surface area contributed by atoms with Crippen molar-refractivity contribution in [3.05, 3.63) is 36.2 Å². The lowest BCUT2D eigenvalue weighted by Gasteiger charge is -2.32. The minimum atomic E-state index is -0.507. The van der Waals surface area contributed by atoms with Crippen LogP contribution in [0.4, 0.5) is 14.9 Å². The number of nitrogens with zero attached hydrogens (tertiary/aromatic N) is 4. The van der Waals surface area contributed by atoms with Crippen LogP contribution in [-0.2, 0) is 6.54 Å². The number of methoxy groups -OCH3 is 1. The first kappa shape index (κ1) is 17.2. The normalized spacial score (nSPS) is 17.4. The number of carbonyl (C=O) groups excluding carboxylic acids is 1. The molecule has 1 aromatic carbocycles. The van der Waals surface area contributed by atoms with Crippen molar-refractivity contribution < 1.29 is 13.9 Å². The fourth-order valence-electron chi connectivity index (χ4n) is 3.14. The van der Waals surface area contributed by atoms with Crippen LogP contribution in [-0.4, -0.2) is 45.9 Å². The average Bonchev–Trinajstić information content (AvgIpc) is 3.11. The number of hydrogen-bond donors (Lipinski definition) is 1. The average molecular weight is 347 g/mol. The van der Waals surface area contributed by atoms with Gasteiger partial charge in [0.15, 0.2) is 11.6 Å². The first-order valence-electron chi connectivity index (χ1n) is 8.39. The zero-order valence-corrected chi connectivity index (χ0v) is 14.4. The molecule has 0 saturated carbocycles. The third kappa shape index (κ3) is 3.72. The molecule has 2 amide bonds. The van der Waals surface area contributed by atoms with E-state index in [1.165, 1.54) is 19.2 Å². The Morgan fingerprint density at radius 2 is 2.32 bits per heavy atom. The van der Waals surface area contributed by atoms with Crippen molar-refractivity contribution in [1.82, 2.24) is 19.7 Å². The van der Waals surface area contributed by atoms with Gasteiger partial charge in [-0.2, -0.15) is 0 Å². The molecule has 1 aliphatic heterocycles. The molecule has 1 saturated heterocycles. The molecule has 1 fully saturated rings. The summed E-state index contributed by atoms with van der Waals surface area (Å²) in [5, 5.41) is 10.9. The van der Waals surface area contributed by atoms with E-state index in [0.717, 1.165) is 25.2 Å². The van der Waals surface area contributed by atoms with E-state index < -0.39 is 5.82 Å². The van der Waals surface area contributed by atoms with Gasteiger partial charge in [-0.15, -0.1) is 10.2 Å². The molecule has 0 spiro atoms. The molecule has 2 aromatic rings. The van der Waals surface area contributed by atoms with Crippen molar-refractivity contribution in [3.63, 3.8) is 0 Å². The number of rotatable bonds is 4. The number of amides is 2. The second-order valence-corrected chi connectivity index (χ2v) is 6.04. The first-order chi connectivity index (χ1) is 12.1. The molecule has 8 heteroatoms. The van der Waals surface area contributed by atoms with Gasteiger partial charge in [-0.25, -0.2) is 9.18 Å². The molecule has 7 nitrogen and oxygen atoms in total. The smallest absolute Gasteiger partial charge is 0.321 e. The Kier molecular flexibility index (Phi) is 5.16. The predicted octanol–water partition coefficient (Wildman–Crippen LogP) is 2.86. The molecule has 1 unspecified atom stereocenters. The van der Waals surface area contributed by atoms with Crippen molar-refractivity contribution in [2.75, 3.05) is 25.5 Å². The van der Waals surface area contributed by atoms with E-state index >= 15 is 0 Å². The van der Waals surface area contributed by atoms with Gasteiger partial charge in [-0.1, -0.05) is 0 Å². The van der Waals surface area contributed by atoms with Crippen molar-refractivity contribution in [2.24, 2.45) is 0 Å². The van der Waals surface area contributed by atoms with E-state index in [0.29, 0.717) is 18.8 Å². The minimum Gasteiger partial charge on any atom is -0.494 e. The van der Waals surface area contributed by atoms with Crippen LogP contribution >= 0.6 is 0 Å². The van der Waals surface area contributed by atoms with E-state index in [-0.39, 0.29) is 17.7 Å². The number of hydrogen-bond acceptors (Lipinski definition) is 4. The summed E-state index contributed by atoms with van der Waals surface area (Å²) in [4.78, 5) is 14.3. The first-order valence-corrected chi connectivity index (χ1v) is 8.39. The number of piperidine rings is 1. The molecule has 1 atom stereocenters. The van der Waals surface area contributed by atoms with Gasteiger partial charge >= 0.3 is 6.03 Å². The molecular formula is C17H22FN5O2. The zero-order chi connectivity index (χ0) is 17.8. The van der Waals surface area contributed by atoms with E-state index in [9.17, 15) is 9.18 Å². The summed E-state index contributed by atoms with van der Waals surface area (Å²) in [6.45, 7) is 4.08. The Hall–Kier alpha value is -2.64. The van der Waals surface area contributed by atoms with Crippen molar-refractivity contribution in [2.45, 2.75) is 32.2 Å². The summed E-state index contributed by atoms with van der Waals surface area (Å²) in [6.07, 6.45) is 3.58. The second kappa shape index (κ2) is 7.50. The molecule has 1 N–H and O–H groups in total. The highest BCUT2D eigenvalue weighted by Gasteiger charge is 2.27. The van der Waals surface area contributed by atoms with E-state index in [1.54, 1.807) is 17.3 Å². The highest BCUT2D eigenvalue weighted by molar-refractivity contribution is 5.89. The largest absolute Gasteiger partial charge is 0.494 e. The fraction of sp³-hybridized carbons (Fsp3) is 0.471. The summed E-state index contributed by atoms with van der Waals surface area (Å²) in [6, 6.07) is 4.13. The Balaban J connectivity index is 1.67. The predicted molar refractivity (Wildman–Crippen MR) is 91.2 cm³/mol. The highest BCUT2D eigenvalue weighted by atomic mass is 19.1. The van der Waals surface area contributed by atoms with Gasteiger partial charge in [0.25, 0.3) is 0 Å². The number of aromatic nitrogens is 3. The number of nitrogens with one attached hydrogen (secondary N) is 1. The van der Waals surface area contributed by atoms with Crippen LogP contribution < -0.4 is 10.1 Å². The van der Waals surface area contributed by atoms with Crippen LogP contribution in [0.3, 0.4) is 0 Å². The third-order valence-corrected chi connectivity index (χ3v) is 4.46. The van der Waals surface area contributed by atoms with Gasteiger partial charge in [0.1, 0.15) is 12.2 Å². The van der Waals surface area contributed by atoms with Crippen LogP contribution in [0, 0.1) is 5.82 Å². The molecule has 134 valence electrons. The van der Waals surface area contributed by atoms with Crippen molar-refractivity contribution >= 4 is 11.7 Å². The number of aryl methyl sites for hydroxylation is 1. The van der Waals surface area contributed by atoms with E-state index in [1.807, 2.05) is 11.5 Å². The lowest BCUT2D eigenvalue weighted by Crippen LogP contribution is -2.42. The Morgan fingerprint density at radius 1 is 1.48 bits per heavy atom. The second-order valence-electron chi connectivity index (χ2n) is 6.04. The molecule has 2 heterocycles. The topological polar surface area (TPSA) is 72.3 Å². The summed E-state index contributed by atoms with van der Waals surface area (Å²) >= 11 is 0. The number of benzene rings is 1. The summed E-state index contributed by atoms with van der Waals surface area (Å²) in [5.41, 5.74) is 0.405. The monoisotopic (exact) mass is 347 g/mol. The van der Waals surface area contributed by atoms with Crippen LogP contribution in [0.5, 0.6) is 5.75 Å².